The molecule has 0 bridgehead atoms. The van der Waals surface area contributed by atoms with Crippen molar-refractivity contribution in [3.05, 3.63) is 30.1 Å². The Bertz CT molecular complexity index is 720. The largest absolute Gasteiger partial charge is 0.332 e. The zero-order chi connectivity index (χ0) is 16.2. The van der Waals surface area contributed by atoms with E-state index in [1.165, 1.54) is 0 Å². The van der Waals surface area contributed by atoms with E-state index >= 15 is 0 Å². The Morgan fingerprint density at radius 2 is 2.14 bits per heavy atom. The average Bonchev–Trinajstić information content (AvgIpc) is 2.77. The van der Waals surface area contributed by atoms with Crippen LogP contribution in [0.3, 0.4) is 0 Å². The number of fused-ring (bicyclic) bond motifs is 1. The zero-order valence-electron chi connectivity index (χ0n) is 13.5. The molecule has 0 aliphatic rings. The van der Waals surface area contributed by atoms with Crippen molar-refractivity contribution in [3.63, 3.8) is 0 Å². The molecule has 0 saturated heterocycles. The predicted molar refractivity (Wildman–Crippen MR) is 90.4 cm³/mol. The van der Waals surface area contributed by atoms with Gasteiger partial charge in [-0.15, -0.1) is 0 Å². The van der Waals surface area contributed by atoms with Crippen LogP contribution in [0.25, 0.3) is 11.0 Å². The molecule has 0 aliphatic heterocycles. The fraction of sp³-hybridized carbons (Fsp3) is 0.562. The molecular formula is C16H25N3O2S. The molecule has 0 saturated carbocycles. The molecule has 5 nitrogen and oxygen atoms in total. The van der Waals surface area contributed by atoms with E-state index in [0.717, 1.165) is 23.1 Å². The number of pyridine rings is 1. The van der Waals surface area contributed by atoms with Crippen LogP contribution >= 0.6 is 0 Å². The number of hydrogen-bond donors (Lipinski definition) is 1. The van der Waals surface area contributed by atoms with E-state index in [-0.39, 0.29) is 5.75 Å². The highest BCUT2D eigenvalue weighted by Gasteiger charge is 2.12. The van der Waals surface area contributed by atoms with Crippen molar-refractivity contribution in [3.8, 4) is 0 Å². The summed E-state index contributed by atoms with van der Waals surface area (Å²) in [5.41, 5.74) is 2.12. The molecule has 0 unspecified atom stereocenters. The quantitative estimate of drug-likeness (QED) is 0.812. The molecule has 2 aromatic heterocycles. The smallest absolute Gasteiger partial charge is 0.211 e. The molecule has 0 spiro atoms. The van der Waals surface area contributed by atoms with E-state index in [2.05, 4.69) is 40.4 Å². The molecule has 0 amide bonds. The van der Waals surface area contributed by atoms with Crippen LogP contribution in [0.2, 0.25) is 0 Å². The molecule has 122 valence electrons. The first-order chi connectivity index (χ1) is 10.4. The lowest BCUT2D eigenvalue weighted by Gasteiger charge is -2.06. The number of nitrogens with one attached hydrogen (secondary N) is 1. The summed E-state index contributed by atoms with van der Waals surface area (Å²) in [6, 6.07) is 3.97. The van der Waals surface area contributed by atoms with E-state index in [1.54, 1.807) is 6.20 Å². The Hall–Kier alpha value is -1.40. The van der Waals surface area contributed by atoms with Crippen molar-refractivity contribution >= 4 is 21.1 Å². The van der Waals surface area contributed by atoms with Crippen LogP contribution in [-0.4, -0.2) is 30.3 Å². The lowest BCUT2D eigenvalue weighted by atomic mass is 10.2. The van der Waals surface area contributed by atoms with Crippen LogP contribution in [0.15, 0.2) is 24.5 Å². The molecular weight excluding hydrogens is 298 g/mol. The summed E-state index contributed by atoms with van der Waals surface area (Å²) in [6.45, 7) is 7.55. The number of sulfonamides is 1. The Labute approximate surface area is 132 Å². The summed E-state index contributed by atoms with van der Waals surface area (Å²) in [5, 5.41) is 1.11. The van der Waals surface area contributed by atoms with Crippen LogP contribution in [-0.2, 0) is 23.0 Å². The normalized spacial score (nSPS) is 12.4. The van der Waals surface area contributed by atoms with Gasteiger partial charge in [-0.1, -0.05) is 20.8 Å². The second-order valence-corrected chi connectivity index (χ2v) is 7.96. The molecule has 6 heteroatoms. The summed E-state index contributed by atoms with van der Waals surface area (Å²) in [7, 11) is -3.14. The standard InChI is InChI=1S/C16H25N3O2S/c1-4-10-22(20,21)18-9-7-14-12-19(11-13(2)3)16-15(14)6-5-8-17-16/h5-6,8,12-13,18H,4,7,9-11H2,1-3H3. The van der Waals surface area contributed by atoms with Gasteiger partial charge in [0.15, 0.2) is 0 Å². The van der Waals surface area contributed by atoms with Gasteiger partial charge in [-0.2, -0.15) is 0 Å². The van der Waals surface area contributed by atoms with Crippen molar-refractivity contribution in [2.75, 3.05) is 12.3 Å². The van der Waals surface area contributed by atoms with Gasteiger partial charge in [0.05, 0.1) is 5.75 Å². The molecule has 1 N–H and O–H groups in total. The minimum atomic E-state index is -3.14. The Balaban J connectivity index is 2.14. The number of nitrogens with zero attached hydrogens (tertiary/aromatic N) is 2. The van der Waals surface area contributed by atoms with Gasteiger partial charge in [0, 0.05) is 30.9 Å². The zero-order valence-corrected chi connectivity index (χ0v) is 14.4. The van der Waals surface area contributed by atoms with Gasteiger partial charge in [-0.3, -0.25) is 0 Å². The van der Waals surface area contributed by atoms with E-state index in [9.17, 15) is 8.42 Å². The highest BCUT2D eigenvalue weighted by Crippen LogP contribution is 2.20. The maximum Gasteiger partial charge on any atom is 0.211 e. The molecule has 2 aromatic rings. The summed E-state index contributed by atoms with van der Waals surface area (Å²) in [6.07, 6.45) is 5.21. The summed E-state index contributed by atoms with van der Waals surface area (Å²) in [4.78, 5) is 4.47. The fourth-order valence-corrected chi connectivity index (χ4v) is 3.70. The van der Waals surface area contributed by atoms with Crippen molar-refractivity contribution in [1.82, 2.24) is 14.3 Å². The lowest BCUT2D eigenvalue weighted by Crippen LogP contribution is -2.28. The van der Waals surface area contributed by atoms with Gasteiger partial charge in [-0.05, 0) is 36.5 Å². The van der Waals surface area contributed by atoms with Crippen LogP contribution < -0.4 is 4.72 Å². The Morgan fingerprint density at radius 1 is 1.36 bits per heavy atom. The number of aromatic nitrogens is 2. The molecule has 0 radical (unpaired) electrons. The minimum absolute atomic E-state index is 0.184. The van der Waals surface area contributed by atoms with E-state index in [4.69, 9.17) is 0 Å². The monoisotopic (exact) mass is 323 g/mol. The van der Waals surface area contributed by atoms with Crippen molar-refractivity contribution < 1.29 is 8.42 Å². The Kier molecular flexibility index (Phi) is 5.58. The SMILES string of the molecule is CCCS(=O)(=O)NCCc1cn(CC(C)C)c2ncccc12. The van der Waals surface area contributed by atoms with Gasteiger partial charge in [-0.25, -0.2) is 18.1 Å². The van der Waals surface area contributed by atoms with Gasteiger partial charge in [0.25, 0.3) is 0 Å². The summed E-state index contributed by atoms with van der Waals surface area (Å²) in [5.74, 6) is 0.720. The van der Waals surface area contributed by atoms with Crippen molar-refractivity contribution in [2.24, 2.45) is 5.92 Å². The van der Waals surface area contributed by atoms with Crippen LogP contribution in [0.1, 0.15) is 32.8 Å². The van der Waals surface area contributed by atoms with E-state index in [0.29, 0.717) is 25.3 Å². The average molecular weight is 323 g/mol. The summed E-state index contributed by atoms with van der Waals surface area (Å²) < 4.78 is 28.2. The second-order valence-electron chi connectivity index (χ2n) is 6.04. The van der Waals surface area contributed by atoms with Gasteiger partial charge in [0.1, 0.15) is 5.65 Å². The third-order valence-corrected chi connectivity index (χ3v) is 5.06. The van der Waals surface area contributed by atoms with Crippen LogP contribution in [0.4, 0.5) is 0 Å². The highest BCUT2D eigenvalue weighted by atomic mass is 32.2. The van der Waals surface area contributed by atoms with Crippen LogP contribution in [0, 0.1) is 5.92 Å². The fourth-order valence-electron chi connectivity index (χ4n) is 2.61. The Morgan fingerprint density at radius 3 is 2.82 bits per heavy atom. The third-order valence-electron chi connectivity index (χ3n) is 3.47. The molecule has 22 heavy (non-hydrogen) atoms. The van der Waals surface area contributed by atoms with Gasteiger partial charge >= 0.3 is 0 Å². The first-order valence-corrected chi connectivity index (χ1v) is 9.48. The molecule has 0 aromatic carbocycles. The number of rotatable bonds is 8. The van der Waals surface area contributed by atoms with E-state index < -0.39 is 10.0 Å². The predicted octanol–water partition coefficient (Wildman–Crippen LogP) is 2.56. The molecule has 2 rings (SSSR count). The second kappa shape index (κ2) is 7.24. The summed E-state index contributed by atoms with van der Waals surface area (Å²) >= 11 is 0. The molecule has 2 heterocycles. The molecule has 0 fully saturated rings. The third kappa shape index (κ3) is 4.30. The highest BCUT2D eigenvalue weighted by molar-refractivity contribution is 7.89. The number of hydrogen-bond acceptors (Lipinski definition) is 3. The van der Waals surface area contributed by atoms with E-state index in [1.807, 2.05) is 13.0 Å². The topological polar surface area (TPSA) is 64.0 Å². The maximum atomic E-state index is 11.7. The van der Waals surface area contributed by atoms with Crippen molar-refractivity contribution in [2.45, 2.75) is 40.2 Å². The first-order valence-electron chi connectivity index (χ1n) is 7.83. The first kappa shape index (κ1) is 17.0. The van der Waals surface area contributed by atoms with Crippen LogP contribution in [0.5, 0.6) is 0 Å². The lowest BCUT2D eigenvalue weighted by molar-refractivity contribution is 0.532. The molecule has 0 atom stereocenters. The van der Waals surface area contributed by atoms with Crippen molar-refractivity contribution in [1.29, 1.82) is 0 Å². The van der Waals surface area contributed by atoms with Gasteiger partial charge in [0.2, 0.25) is 10.0 Å². The maximum absolute atomic E-state index is 11.7. The molecule has 0 aliphatic carbocycles. The minimum Gasteiger partial charge on any atom is -0.332 e. The van der Waals surface area contributed by atoms with Gasteiger partial charge < -0.3 is 4.57 Å².